The topological polar surface area (TPSA) is 77.3 Å². The standard InChI is InChI=1S/C70H42N6/c1-4-14-46-33-57(28-21-43(46)11-1)65-71-66(58-29-22-44-12-2-5-15-47(44)34-58)74-69(73-65)70-75-67(59-30-23-45-13-3-6-16-48(45)35-59)72-68(76-70)64-41-62(55-26-24-53-31-49-17-7-9-19-51(49)36-60(53)38-55)40-63(42-64)56-27-25-54-32-50-18-8-10-20-52(50)37-61(54)39-56/h1-42H. The Morgan fingerprint density at radius 3 is 0.711 bits per heavy atom. The van der Waals surface area contributed by atoms with Crippen LogP contribution in [0.4, 0.5) is 0 Å². The molecule has 352 valence electrons. The van der Waals surface area contributed by atoms with Crippen LogP contribution in [-0.2, 0) is 0 Å². The fourth-order valence-electron chi connectivity index (χ4n) is 10.8. The Bertz CT molecular complexity index is 4620. The average molecular weight is 967 g/mol. The van der Waals surface area contributed by atoms with Gasteiger partial charge in [-0.05, 0) is 170 Å². The van der Waals surface area contributed by atoms with E-state index in [-0.39, 0.29) is 0 Å². The molecule has 13 aromatic carbocycles. The van der Waals surface area contributed by atoms with E-state index in [2.05, 4.69) is 255 Å². The Balaban J connectivity index is 0.964. The molecule has 0 aliphatic rings. The minimum absolute atomic E-state index is 0.335. The summed E-state index contributed by atoms with van der Waals surface area (Å²) in [7, 11) is 0. The fraction of sp³-hybridized carbons (Fsp3) is 0. The first kappa shape index (κ1) is 43.3. The molecule has 0 amide bonds. The van der Waals surface area contributed by atoms with Crippen molar-refractivity contribution in [3.63, 3.8) is 0 Å². The highest BCUT2D eigenvalue weighted by Crippen LogP contribution is 2.38. The SMILES string of the molecule is c1ccc2cc(-c3nc(-c4cc(-c5ccc6cc7ccccc7cc6c5)cc(-c5ccc6cc7ccccc7cc6c5)c4)nc(-c4nc(-c5ccc6ccccc6c5)nc(-c5ccc6ccccc6c5)n4)n3)ccc2c1. The number of hydrogen-bond donors (Lipinski definition) is 0. The maximum absolute atomic E-state index is 5.39. The first-order valence-corrected chi connectivity index (χ1v) is 25.6. The Kier molecular flexibility index (Phi) is 10.1. The van der Waals surface area contributed by atoms with Crippen LogP contribution in [0.25, 0.3) is 155 Å². The van der Waals surface area contributed by atoms with Crippen LogP contribution in [0.2, 0.25) is 0 Å². The number of benzene rings is 13. The molecule has 15 aromatic rings. The number of hydrogen-bond acceptors (Lipinski definition) is 6. The molecule has 0 fully saturated rings. The Hall–Kier alpha value is -10.3. The van der Waals surface area contributed by atoms with Crippen molar-refractivity contribution < 1.29 is 0 Å². The minimum atomic E-state index is 0.335. The van der Waals surface area contributed by atoms with Gasteiger partial charge in [0.25, 0.3) is 0 Å². The fourth-order valence-corrected chi connectivity index (χ4v) is 10.8. The van der Waals surface area contributed by atoms with Gasteiger partial charge in [0, 0.05) is 22.3 Å². The molecular formula is C70H42N6. The van der Waals surface area contributed by atoms with Crippen molar-refractivity contribution in [3.05, 3.63) is 255 Å². The maximum atomic E-state index is 5.39. The van der Waals surface area contributed by atoms with Gasteiger partial charge in [0.15, 0.2) is 23.3 Å². The van der Waals surface area contributed by atoms with Crippen LogP contribution in [0.5, 0.6) is 0 Å². The van der Waals surface area contributed by atoms with Gasteiger partial charge in [-0.15, -0.1) is 0 Å². The van der Waals surface area contributed by atoms with E-state index in [4.69, 9.17) is 29.9 Å². The number of nitrogens with zero attached hydrogens (tertiary/aromatic N) is 6. The van der Waals surface area contributed by atoms with E-state index in [0.29, 0.717) is 34.9 Å². The lowest BCUT2D eigenvalue weighted by molar-refractivity contribution is 1.00. The van der Waals surface area contributed by atoms with Crippen molar-refractivity contribution in [1.82, 2.24) is 29.9 Å². The lowest BCUT2D eigenvalue weighted by Crippen LogP contribution is -2.06. The molecule has 0 saturated heterocycles. The van der Waals surface area contributed by atoms with Crippen LogP contribution in [-0.4, -0.2) is 29.9 Å². The minimum Gasteiger partial charge on any atom is -0.208 e. The molecule has 0 atom stereocenters. The van der Waals surface area contributed by atoms with Gasteiger partial charge in [-0.3, -0.25) is 0 Å². The lowest BCUT2D eigenvalue weighted by atomic mass is 9.92. The summed E-state index contributed by atoms with van der Waals surface area (Å²) in [5, 5.41) is 16.2. The molecule has 0 bridgehead atoms. The summed E-state index contributed by atoms with van der Waals surface area (Å²) >= 11 is 0. The quantitative estimate of drug-likeness (QED) is 0.148. The monoisotopic (exact) mass is 966 g/mol. The van der Waals surface area contributed by atoms with Gasteiger partial charge in [-0.1, -0.05) is 182 Å². The van der Waals surface area contributed by atoms with Gasteiger partial charge >= 0.3 is 0 Å². The number of fused-ring (bicyclic) bond motifs is 7. The third-order valence-corrected chi connectivity index (χ3v) is 14.8. The summed E-state index contributed by atoms with van der Waals surface area (Å²) in [4.78, 5) is 31.7. The predicted molar refractivity (Wildman–Crippen MR) is 314 cm³/mol. The molecule has 0 unspecified atom stereocenters. The average Bonchev–Trinajstić information content (AvgIpc) is 3.50. The second-order valence-corrected chi connectivity index (χ2v) is 19.6. The van der Waals surface area contributed by atoms with Gasteiger partial charge in [0.1, 0.15) is 0 Å². The molecule has 76 heavy (non-hydrogen) atoms. The Morgan fingerprint density at radius 1 is 0.132 bits per heavy atom. The van der Waals surface area contributed by atoms with Gasteiger partial charge in [-0.25, -0.2) is 29.9 Å². The molecule has 0 spiro atoms. The first-order chi connectivity index (χ1) is 37.5. The molecule has 15 rings (SSSR count). The second-order valence-electron chi connectivity index (χ2n) is 19.6. The van der Waals surface area contributed by atoms with Crippen molar-refractivity contribution in [2.24, 2.45) is 0 Å². The van der Waals surface area contributed by atoms with Crippen LogP contribution in [0, 0.1) is 0 Å². The summed E-state index contributed by atoms with van der Waals surface area (Å²) in [6.45, 7) is 0. The molecule has 6 heteroatoms. The summed E-state index contributed by atoms with van der Waals surface area (Å²) < 4.78 is 0. The number of aromatic nitrogens is 6. The van der Waals surface area contributed by atoms with Gasteiger partial charge in [0.05, 0.1) is 0 Å². The van der Waals surface area contributed by atoms with E-state index in [9.17, 15) is 0 Å². The lowest BCUT2D eigenvalue weighted by Gasteiger charge is -2.14. The van der Waals surface area contributed by atoms with E-state index in [0.717, 1.165) is 76.8 Å². The van der Waals surface area contributed by atoms with Crippen molar-refractivity contribution in [3.8, 4) is 79.5 Å². The maximum Gasteiger partial charge on any atom is 0.202 e. The molecule has 0 aliphatic heterocycles. The summed E-state index contributed by atoms with van der Waals surface area (Å²) in [5.41, 5.74) is 7.63. The van der Waals surface area contributed by atoms with Gasteiger partial charge in [-0.2, -0.15) is 0 Å². The van der Waals surface area contributed by atoms with E-state index in [1.165, 1.54) is 43.1 Å². The van der Waals surface area contributed by atoms with E-state index >= 15 is 0 Å². The molecule has 0 saturated carbocycles. The molecule has 0 aliphatic carbocycles. The highest BCUT2D eigenvalue weighted by Gasteiger charge is 2.20. The predicted octanol–water partition coefficient (Wildman–Crippen LogP) is 17.8. The summed E-state index contributed by atoms with van der Waals surface area (Å²) in [5.74, 6) is 2.72. The molecule has 2 aromatic heterocycles. The molecular weight excluding hydrogens is 925 g/mol. The molecule has 0 N–H and O–H groups in total. The van der Waals surface area contributed by atoms with E-state index in [1.807, 2.05) is 0 Å². The zero-order valence-electron chi connectivity index (χ0n) is 40.9. The highest BCUT2D eigenvalue weighted by atomic mass is 15.1. The van der Waals surface area contributed by atoms with Crippen LogP contribution in [0.1, 0.15) is 0 Å². The Morgan fingerprint density at radius 2 is 0.355 bits per heavy atom. The normalized spacial score (nSPS) is 11.7. The van der Waals surface area contributed by atoms with Crippen molar-refractivity contribution >= 4 is 75.4 Å². The third-order valence-electron chi connectivity index (χ3n) is 14.8. The van der Waals surface area contributed by atoms with Gasteiger partial charge in [0.2, 0.25) is 11.6 Å². The van der Waals surface area contributed by atoms with Crippen LogP contribution >= 0.6 is 0 Å². The van der Waals surface area contributed by atoms with E-state index < -0.39 is 0 Å². The van der Waals surface area contributed by atoms with Crippen molar-refractivity contribution in [1.29, 1.82) is 0 Å². The molecule has 2 heterocycles. The second kappa shape index (κ2) is 17.7. The largest absolute Gasteiger partial charge is 0.208 e. The van der Waals surface area contributed by atoms with E-state index in [1.54, 1.807) is 0 Å². The first-order valence-electron chi connectivity index (χ1n) is 25.6. The van der Waals surface area contributed by atoms with Crippen molar-refractivity contribution in [2.45, 2.75) is 0 Å². The Labute approximate surface area is 437 Å². The van der Waals surface area contributed by atoms with Crippen LogP contribution in [0.3, 0.4) is 0 Å². The zero-order valence-corrected chi connectivity index (χ0v) is 40.9. The smallest absolute Gasteiger partial charge is 0.202 e. The number of rotatable bonds is 7. The summed E-state index contributed by atoms with van der Waals surface area (Å²) in [6.07, 6.45) is 0. The third kappa shape index (κ3) is 7.93. The summed E-state index contributed by atoms with van der Waals surface area (Å²) in [6, 6.07) is 90.4. The van der Waals surface area contributed by atoms with Crippen LogP contribution < -0.4 is 0 Å². The van der Waals surface area contributed by atoms with Gasteiger partial charge < -0.3 is 0 Å². The molecule has 0 radical (unpaired) electrons. The zero-order chi connectivity index (χ0) is 50.1. The highest BCUT2D eigenvalue weighted by molar-refractivity contribution is 6.02. The molecule has 6 nitrogen and oxygen atoms in total. The van der Waals surface area contributed by atoms with Crippen molar-refractivity contribution in [2.75, 3.05) is 0 Å². The van der Waals surface area contributed by atoms with Crippen LogP contribution in [0.15, 0.2) is 255 Å².